The van der Waals surface area contributed by atoms with Crippen LogP contribution in [0.1, 0.15) is 16.8 Å². The molecule has 0 bridgehead atoms. The van der Waals surface area contributed by atoms with Crippen molar-refractivity contribution in [1.82, 2.24) is 9.97 Å². The van der Waals surface area contributed by atoms with Gasteiger partial charge in [0.05, 0.1) is 17.3 Å². The van der Waals surface area contributed by atoms with Crippen molar-refractivity contribution in [2.45, 2.75) is 0 Å². The minimum absolute atomic E-state index is 0.307. The van der Waals surface area contributed by atoms with Crippen molar-refractivity contribution in [3.63, 3.8) is 0 Å². The third-order valence-corrected chi connectivity index (χ3v) is 3.64. The van der Waals surface area contributed by atoms with Crippen molar-refractivity contribution in [3.05, 3.63) is 82.6 Å². The Hall–Kier alpha value is -3.43. The molecule has 0 atom stereocenters. The zero-order chi connectivity index (χ0) is 17.6. The maximum atomic E-state index is 9.38. The van der Waals surface area contributed by atoms with Gasteiger partial charge in [-0.15, -0.1) is 0 Å². The normalized spacial score (nSPS) is 11.0. The zero-order valence-electron chi connectivity index (χ0n) is 12.9. The number of oxime groups is 1. The summed E-state index contributed by atoms with van der Waals surface area (Å²) in [7, 11) is 0. The second-order valence-corrected chi connectivity index (χ2v) is 5.47. The summed E-state index contributed by atoms with van der Waals surface area (Å²) in [4.78, 5) is 8.53. The van der Waals surface area contributed by atoms with Gasteiger partial charge in [-0.2, -0.15) is 5.26 Å². The second kappa shape index (κ2) is 7.43. The number of aromatic nitrogens is 2. The molecule has 0 radical (unpaired) electrons. The summed E-state index contributed by atoms with van der Waals surface area (Å²) < 4.78 is 0. The Balaban J connectivity index is 1.87. The fourth-order valence-electron chi connectivity index (χ4n) is 2.17. The summed E-state index contributed by atoms with van der Waals surface area (Å²) in [6.45, 7) is 0. The highest BCUT2D eigenvalue weighted by atomic mass is 35.5. The lowest BCUT2D eigenvalue weighted by atomic mass is 10.1. The summed E-state index contributed by atoms with van der Waals surface area (Å²) in [5.74, 6) is 0.345. The summed E-state index contributed by atoms with van der Waals surface area (Å²) in [6.07, 6.45) is 1.56. The molecule has 122 valence electrons. The van der Waals surface area contributed by atoms with Gasteiger partial charge < -0.3 is 10.5 Å². The van der Waals surface area contributed by atoms with Crippen LogP contribution >= 0.6 is 11.6 Å². The van der Waals surface area contributed by atoms with Crippen LogP contribution in [0.15, 0.2) is 65.9 Å². The van der Waals surface area contributed by atoms with Crippen LogP contribution in [0, 0.1) is 11.3 Å². The van der Waals surface area contributed by atoms with Crippen molar-refractivity contribution < 1.29 is 5.21 Å². The van der Waals surface area contributed by atoms with E-state index in [0.717, 1.165) is 5.69 Å². The van der Waals surface area contributed by atoms with Gasteiger partial charge in [0.2, 0.25) is 5.95 Å². The topological polar surface area (TPSA) is 94.2 Å². The average molecular weight is 350 g/mol. The average Bonchev–Trinajstić information content (AvgIpc) is 2.65. The largest absolute Gasteiger partial charge is 0.410 e. The number of nitrogens with one attached hydrogen (secondary N) is 1. The van der Waals surface area contributed by atoms with E-state index < -0.39 is 0 Å². The van der Waals surface area contributed by atoms with Gasteiger partial charge in [-0.05, 0) is 42.5 Å². The first-order valence-corrected chi connectivity index (χ1v) is 7.66. The maximum Gasteiger partial charge on any atom is 0.227 e. The number of nitrogens with zero attached hydrogens (tertiary/aromatic N) is 4. The number of halogens is 1. The predicted molar refractivity (Wildman–Crippen MR) is 95.3 cm³/mol. The first-order valence-electron chi connectivity index (χ1n) is 7.28. The Kier molecular flexibility index (Phi) is 4.88. The van der Waals surface area contributed by atoms with E-state index in [0.29, 0.717) is 33.5 Å². The lowest BCUT2D eigenvalue weighted by Crippen LogP contribution is -2.08. The smallest absolute Gasteiger partial charge is 0.227 e. The van der Waals surface area contributed by atoms with Crippen LogP contribution in [0.25, 0.3) is 0 Å². The minimum atomic E-state index is 0.307. The first kappa shape index (κ1) is 16.4. The Morgan fingerprint density at radius 1 is 1.08 bits per heavy atom. The van der Waals surface area contributed by atoms with E-state index in [4.69, 9.17) is 16.9 Å². The molecule has 7 heteroatoms. The molecule has 0 saturated carbocycles. The van der Waals surface area contributed by atoms with Crippen molar-refractivity contribution in [1.29, 1.82) is 5.26 Å². The molecule has 0 amide bonds. The highest BCUT2D eigenvalue weighted by Gasteiger charge is 2.11. The Labute approximate surface area is 149 Å². The van der Waals surface area contributed by atoms with Crippen molar-refractivity contribution in [3.8, 4) is 6.07 Å². The summed E-state index contributed by atoms with van der Waals surface area (Å²) >= 11 is 5.88. The molecule has 1 aromatic heterocycles. The van der Waals surface area contributed by atoms with Gasteiger partial charge in [0.25, 0.3) is 0 Å². The summed E-state index contributed by atoms with van der Waals surface area (Å²) in [5.41, 5.74) is 2.75. The Morgan fingerprint density at radius 2 is 1.80 bits per heavy atom. The van der Waals surface area contributed by atoms with Crippen LogP contribution in [0.4, 0.5) is 11.6 Å². The minimum Gasteiger partial charge on any atom is -0.410 e. The molecular weight excluding hydrogens is 338 g/mol. The van der Waals surface area contributed by atoms with Crippen LogP contribution in [0.2, 0.25) is 5.02 Å². The molecule has 1 heterocycles. The quantitative estimate of drug-likeness (QED) is 0.422. The van der Waals surface area contributed by atoms with Gasteiger partial charge in [0.15, 0.2) is 0 Å². The van der Waals surface area contributed by atoms with Crippen LogP contribution in [0.5, 0.6) is 0 Å². The van der Waals surface area contributed by atoms with Crippen molar-refractivity contribution in [2.24, 2.45) is 5.16 Å². The molecule has 2 aromatic carbocycles. The fourth-order valence-corrected chi connectivity index (χ4v) is 2.30. The van der Waals surface area contributed by atoms with Gasteiger partial charge >= 0.3 is 0 Å². The summed E-state index contributed by atoms with van der Waals surface area (Å²) in [5, 5.41) is 25.2. The van der Waals surface area contributed by atoms with E-state index in [-0.39, 0.29) is 0 Å². The Morgan fingerprint density at radius 3 is 2.44 bits per heavy atom. The monoisotopic (exact) mass is 349 g/mol. The van der Waals surface area contributed by atoms with Crippen LogP contribution < -0.4 is 5.32 Å². The number of nitriles is 1. The van der Waals surface area contributed by atoms with Crippen LogP contribution in [0.3, 0.4) is 0 Å². The highest BCUT2D eigenvalue weighted by molar-refractivity contribution is 6.30. The predicted octanol–water partition coefficient (Wildman–Crippen LogP) is 3.97. The lowest BCUT2D eigenvalue weighted by Gasteiger charge is -2.08. The Bertz CT molecular complexity index is 946. The third-order valence-electron chi connectivity index (χ3n) is 3.39. The molecule has 25 heavy (non-hydrogen) atoms. The molecule has 0 unspecified atom stereocenters. The first-order chi connectivity index (χ1) is 12.2. The zero-order valence-corrected chi connectivity index (χ0v) is 13.6. The standard InChI is InChI=1S/C18H12ClN5O/c19-14-5-3-13(4-6-14)17(24-25)16-9-10-21-18(23-16)22-15-7-1-12(11-20)2-8-15/h1-10,25H,(H,21,22,23)/b24-17-. The number of benzene rings is 2. The summed E-state index contributed by atoms with van der Waals surface area (Å²) in [6, 6.07) is 17.5. The van der Waals surface area contributed by atoms with E-state index in [1.54, 1.807) is 60.8 Å². The number of rotatable bonds is 4. The fraction of sp³-hybridized carbons (Fsp3) is 0. The molecule has 2 N–H and O–H groups in total. The molecule has 3 rings (SSSR count). The van der Waals surface area contributed by atoms with Gasteiger partial charge in [0.1, 0.15) is 5.71 Å². The molecule has 0 spiro atoms. The highest BCUT2D eigenvalue weighted by Crippen LogP contribution is 2.17. The lowest BCUT2D eigenvalue weighted by molar-refractivity contribution is 0.319. The van der Waals surface area contributed by atoms with Crippen molar-refractivity contribution >= 4 is 28.9 Å². The van der Waals surface area contributed by atoms with Crippen LogP contribution in [-0.4, -0.2) is 20.9 Å². The number of hydrogen-bond donors (Lipinski definition) is 2. The van der Waals surface area contributed by atoms with E-state index in [2.05, 4.69) is 26.5 Å². The molecular formula is C18H12ClN5O. The van der Waals surface area contributed by atoms with Gasteiger partial charge in [-0.25, -0.2) is 9.97 Å². The molecule has 3 aromatic rings. The maximum absolute atomic E-state index is 9.38. The third kappa shape index (κ3) is 3.91. The van der Waals surface area contributed by atoms with E-state index in [1.165, 1.54) is 0 Å². The molecule has 0 fully saturated rings. The molecule has 0 aliphatic rings. The molecule has 6 nitrogen and oxygen atoms in total. The van der Waals surface area contributed by atoms with Gasteiger partial charge in [-0.1, -0.05) is 28.9 Å². The van der Waals surface area contributed by atoms with Gasteiger partial charge in [-0.3, -0.25) is 0 Å². The van der Waals surface area contributed by atoms with Crippen LogP contribution in [-0.2, 0) is 0 Å². The molecule has 0 aliphatic heterocycles. The molecule has 0 saturated heterocycles. The second-order valence-electron chi connectivity index (χ2n) is 5.04. The van der Waals surface area contributed by atoms with E-state index in [1.807, 2.05) is 0 Å². The molecule has 0 aliphatic carbocycles. The number of hydrogen-bond acceptors (Lipinski definition) is 6. The van der Waals surface area contributed by atoms with E-state index >= 15 is 0 Å². The van der Waals surface area contributed by atoms with E-state index in [9.17, 15) is 5.21 Å². The van der Waals surface area contributed by atoms with Crippen molar-refractivity contribution in [2.75, 3.05) is 5.32 Å². The number of anilines is 2. The van der Waals surface area contributed by atoms with Gasteiger partial charge in [0, 0.05) is 22.5 Å². The SMILES string of the molecule is N#Cc1ccc(Nc2nccc(/C(=N\O)c3ccc(Cl)cc3)n2)cc1.